The van der Waals surface area contributed by atoms with Crippen LogP contribution in [0.2, 0.25) is 0 Å². The van der Waals surface area contributed by atoms with E-state index in [1.807, 2.05) is 23.5 Å². The number of nitrogens with zero attached hydrogens (tertiary/aromatic N) is 1. The second-order valence-electron chi connectivity index (χ2n) is 3.81. The van der Waals surface area contributed by atoms with E-state index in [4.69, 9.17) is 0 Å². The van der Waals surface area contributed by atoms with Gasteiger partial charge in [-0.05, 0) is 18.6 Å². The van der Waals surface area contributed by atoms with E-state index in [1.165, 1.54) is 12.2 Å². The number of hydrogen-bond donors (Lipinski definition) is 1. The Morgan fingerprint density at radius 1 is 1.64 bits per heavy atom. The smallest absolute Gasteiger partial charge is 0.156 e. The van der Waals surface area contributed by atoms with Crippen LogP contribution in [-0.2, 0) is 0 Å². The second-order valence-corrected chi connectivity index (χ2v) is 5.88. The molecule has 1 aliphatic heterocycles. The van der Waals surface area contributed by atoms with Crippen molar-refractivity contribution < 1.29 is 0 Å². The lowest BCUT2D eigenvalue weighted by molar-refractivity contribution is 0.442. The second kappa shape index (κ2) is 6.62. The molecule has 1 N–H and O–H groups in total. The zero-order chi connectivity index (χ0) is 10.4. The normalized spacial score (nSPS) is 25.4. The summed E-state index contributed by atoms with van der Waals surface area (Å²) in [7, 11) is 0. The summed E-state index contributed by atoms with van der Waals surface area (Å²) in [6, 6.07) is 0.629. The Bertz CT molecular complexity index is 193. The van der Waals surface area contributed by atoms with E-state index in [0.717, 1.165) is 17.5 Å². The first-order valence-electron chi connectivity index (χ1n) is 5.16. The van der Waals surface area contributed by atoms with E-state index < -0.39 is 0 Å². The summed E-state index contributed by atoms with van der Waals surface area (Å²) in [6.07, 6.45) is 3.39. The van der Waals surface area contributed by atoms with Crippen molar-refractivity contribution in [2.24, 2.45) is 10.9 Å². The molecule has 0 spiro atoms. The predicted octanol–water partition coefficient (Wildman–Crippen LogP) is 2.46. The molecule has 1 aliphatic rings. The molecule has 1 atom stereocenters. The molecule has 82 valence electrons. The highest BCUT2D eigenvalue weighted by molar-refractivity contribution is 8.13. The molecule has 0 radical (unpaired) electrons. The van der Waals surface area contributed by atoms with Crippen molar-refractivity contribution in [3.8, 4) is 0 Å². The first-order chi connectivity index (χ1) is 6.74. The Morgan fingerprint density at radius 3 is 3.07 bits per heavy atom. The van der Waals surface area contributed by atoms with Crippen LogP contribution < -0.4 is 5.32 Å². The molecule has 0 saturated carbocycles. The van der Waals surface area contributed by atoms with Crippen molar-refractivity contribution in [3.63, 3.8) is 0 Å². The van der Waals surface area contributed by atoms with Crippen LogP contribution in [0, 0.1) is 5.92 Å². The van der Waals surface area contributed by atoms with Crippen LogP contribution >= 0.6 is 23.5 Å². The molecule has 0 bridgehead atoms. The van der Waals surface area contributed by atoms with Crippen molar-refractivity contribution in [2.45, 2.75) is 26.3 Å². The van der Waals surface area contributed by atoms with Crippen molar-refractivity contribution in [3.05, 3.63) is 0 Å². The van der Waals surface area contributed by atoms with E-state index >= 15 is 0 Å². The first-order valence-corrected chi connectivity index (χ1v) is 7.54. The highest BCUT2D eigenvalue weighted by atomic mass is 32.2. The van der Waals surface area contributed by atoms with Crippen molar-refractivity contribution >= 4 is 28.7 Å². The van der Waals surface area contributed by atoms with E-state index in [1.54, 1.807) is 0 Å². The molecule has 0 aromatic carbocycles. The van der Waals surface area contributed by atoms with Gasteiger partial charge in [0.05, 0.1) is 6.54 Å². The van der Waals surface area contributed by atoms with E-state index in [-0.39, 0.29) is 0 Å². The fraction of sp³-hybridized carbons (Fsp3) is 0.900. The Labute approximate surface area is 95.7 Å². The Balaban J connectivity index is 2.35. The van der Waals surface area contributed by atoms with Gasteiger partial charge in [0.25, 0.3) is 0 Å². The molecule has 1 saturated heterocycles. The van der Waals surface area contributed by atoms with Crippen LogP contribution in [0.25, 0.3) is 0 Å². The molecule has 1 rings (SSSR count). The highest BCUT2D eigenvalue weighted by Gasteiger charge is 2.19. The summed E-state index contributed by atoms with van der Waals surface area (Å²) < 4.78 is 0. The monoisotopic (exact) mass is 232 g/mol. The minimum atomic E-state index is 0.629. The van der Waals surface area contributed by atoms with Gasteiger partial charge in [-0.1, -0.05) is 25.6 Å². The summed E-state index contributed by atoms with van der Waals surface area (Å²) in [5.74, 6) is 3.05. The molecular formula is C10H20N2S2. The third-order valence-electron chi connectivity index (χ3n) is 2.33. The number of amidine groups is 1. The molecule has 1 heterocycles. The predicted molar refractivity (Wildman–Crippen MR) is 69.5 cm³/mol. The zero-order valence-corrected chi connectivity index (χ0v) is 10.9. The lowest BCUT2D eigenvalue weighted by atomic mass is 10.0. The van der Waals surface area contributed by atoms with Crippen molar-refractivity contribution in [1.82, 2.24) is 5.32 Å². The first kappa shape index (κ1) is 12.2. The lowest BCUT2D eigenvalue weighted by Gasteiger charge is -2.28. The lowest BCUT2D eigenvalue weighted by Crippen LogP contribution is -2.41. The van der Waals surface area contributed by atoms with Gasteiger partial charge in [0.1, 0.15) is 0 Å². The SMILES string of the molecule is CSCCN=C1NC(C(C)C)CCS1. The zero-order valence-electron chi connectivity index (χ0n) is 9.25. The minimum Gasteiger partial charge on any atom is -0.362 e. The van der Waals surface area contributed by atoms with Crippen LogP contribution in [0.3, 0.4) is 0 Å². The molecule has 1 unspecified atom stereocenters. The number of aliphatic imine (C=N–C) groups is 1. The van der Waals surface area contributed by atoms with Gasteiger partial charge in [0.2, 0.25) is 0 Å². The standard InChI is InChI=1S/C10H20N2S2/c1-8(2)9-4-6-14-10(12-9)11-5-7-13-3/h8-9H,4-7H2,1-3H3,(H,11,12). The van der Waals surface area contributed by atoms with Crippen LogP contribution in [0.1, 0.15) is 20.3 Å². The molecule has 0 aromatic heterocycles. The van der Waals surface area contributed by atoms with Gasteiger partial charge in [0, 0.05) is 17.5 Å². The van der Waals surface area contributed by atoms with Crippen LogP contribution in [0.4, 0.5) is 0 Å². The summed E-state index contributed by atoms with van der Waals surface area (Å²) >= 11 is 3.72. The average Bonchev–Trinajstić information content (AvgIpc) is 2.19. The molecule has 2 nitrogen and oxygen atoms in total. The Hall–Kier alpha value is 0.170. The molecule has 1 fully saturated rings. The van der Waals surface area contributed by atoms with E-state index in [9.17, 15) is 0 Å². The van der Waals surface area contributed by atoms with Gasteiger partial charge in [-0.15, -0.1) is 0 Å². The summed E-state index contributed by atoms with van der Waals surface area (Å²) in [6.45, 7) is 5.49. The van der Waals surface area contributed by atoms with Gasteiger partial charge in [-0.3, -0.25) is 4.99 Å². The number of rotatable bonds is 4. The third-order valence-corrected chi connectivity index (χ3v) is 3.88. The topological polar surface area (TPSA) is 24.4 Å². The highest BCUT2D eigenvalue weighted by Crippen LogP contribution is 2.18. The number of nitrogens with one attached hydrogen (secondary N) is 1. The van der Waals surface area contributed by atoms with Gasteiger partial charge >= 0.3 is 0 Å². The maximum absolute atomic E-state index is 4.55. The van der Waals surface area contributed by atoms with Crippen molar-refractivity contribution in [1.29, 1.82) is 0 Å². The average molecular weight is 232 g/mol. The molecule has 4 heteroatoms. The fourth-order valence-corrected chi connectivity index (χ4v) is 2.64. The van der Waals surface area contributed by atoms with Crippen LogP contribution in [-0.4, -0.2) is 35.5 Å². The largest absolute Gasteiger partial charge is 0.362 e. The molecule has 14 heavy (non-hydrogen) atoms. The molecule has 0 aliphatic carbocycles. The summed E-state index contributed by atoms with van der Waals surface area (Å²) in [5.41, 5.74) is 0. The van der Waals surface area contributed by atoms with E-state index in [0.29, 0.717) is 12.0 Å². The Morgan fingerprint density at radius 2 is 2.43 bits per heavy atom. The maximum atomic E-state index is 4.55. The Kier molecular flexibility index (Phi) is 5.78. The third kappa shape index (κ3) is 4.13. The van der Waals surface area contributed by atoms with Crippen LogP contribution in [0.5, 0.6) is 0 Å². The molecule has 0 amide bonds. The summed E-state index contributed by atoms with van der Waals surface area (Å²) in [4.78, 5) is 4.55. The molecule has 0 aromatic rings. The van der Waals surface area contributed by atoms with Crippen LogP contribution in [0.15, 0.2) is 4.99 Å². The minimum absolute atomic E-state index is 0.629. The summed E-state index contributed by atoms with van der Waals surface area (Å²) in [5, 5.41) is 4.67. The molecular weight excluding hydrogens is 212 g/mol. The fourth-order valence-electron chi connectivity index (χ4n) is 1.38. The van der Waals surface area contributed by atoms with Gasteiger partial charge in [0.15, 0.2) is 5.17 Å². The number of hydrogen-bond acceptors (Lipinski definition) is 3. The maximum Gasteiger partial charge on any atom is 0.156 e. The quantitative estimate of drug-likeness (QED) is 0.754. The van der Waals surface area contributed by atoms with Gasteiger partial charge < -0.3 is 5.32 Å². The van der Waals surface area contributed by atoms with E-state index in [2.05, 4.69) is 30.4 Å². The van der Waals surface area contributed by atoms with Gasteiger partial charge in [-0.25, -0.2) is 0 Å². The van der Waals surface area contributed by atoms with Gasteiger partial charge in [-0.2, -0.15) is 11.8 Å². The van der Waals surface area contributed by atoms with Crippen molar-refractivity contribution in [2.75, 3.05) is 24.3 Å². The number of thioether (sulfide) groups is 2.